The lowest BCUT2D eigenvalue weighted by Crippen LogP contribution is -2.17. The van der Waals surface area contributed by atoms with Gasteiger partial charge in [0.15, 0.2) is 0 Å². The normalized spacial score (nSPS) is 10.8. The van der Waals surface area contributed by atoms with Crippen molar-refractivity contribution in [1.82, 2.24) is 10.4 Å². The number of carbonyl (C=O) groups excluding carboxylic acids is 1. The van der Waals surface area contributed by atoms with E-state index in [0.29, 0.717) is 11.3 Å². The highest BCUT2D eigenvalue weighted by Gasteiger charge is 2.05. The second kappa shape index (κ2) is 7.02. The molecular weight excluding hydrogens is 358 g/mol. The summed E-state index contributed by atoms with van der Waals surface area (Å²) in [6, 6.07) is 14.7. The fourth-order valence-electron chi connectivity index (χ4n) is 1.94. The molecule has 3 rings (SSSR count). The van der Waals surface area contributed by atoms with E-state index in [9.17, 15) is 4.79 Å². The zero-order chi connectivity index (χ0) is 16.1. The third-order valence-electron chi connectivity index (χ3n) is 3.04. The van der Waals surface area contributed by atoms with Gasteiger partial charge in [0.05, 0.1) is 6.21 Å². The van der Waals surface area contributed by atoms with Crippen molar-refractivity contribution in [2.45, 2.75) is 0 Å². The first-order chi connectivity index (χ1) is 11.2. The number of hydrogen-bond acceptors (Lipinski definition) is 4. The lowest BCUT2D eigenvalue weighted by molar-refractivity contribution is 0.0955. The third-order valence-corrected chi connectivity index (χ3v) is 3.53. The molecule has 6 heteroatoms. The molecule has 0 saturated heterocycles. The average Bonchev–Trinajstić information content (AvgIpc) is 3.04. The van der Waals surface area contributed by atoms with Crippen molar-refractivity contribution in [2.24, 2.45) is 5.10 Å². The second-order valence-electron chi connectivity index (χ2n) is 4.65. The number of hydrazone groups is 1. The summed E-state index contributed by atoms with van der Waals surface area (Å²) >= 11 is 3.43. The van der Waals surface area contributed by atoms with Crippen LogP contribution < -0.4 is 5.43 Å². The smallest absolute Gasteiger partial charge is 0.271 e. The summed E-state index contributed by atoms with van der Waals surface area (Å²) in [4.78, 5) is 15.7. The number of benzene rings is 1. The molecule has 0 aliphatic heterocycles. The molecule has 5 nitrogen and oxygen atoms in total. The molecule has 0 bridgehead atoms. The van der Waals surface area contributed by atoms with E-state index >= 15 is 0 Å². The summed E-state index contributed by atoms with van der Waals surface area (Å²) in [5.74, 6) is 0.977. The fourth-order valence-corrected chi connectivity index (χ4v) is 2.34. The zero-order valence-electron chi connectivity index (χ0n) is 11.9. The molecule has 23 heavy (non-hydrogen) atoms. The summed E-state index contributed by atoms with van der Waals surface area (Å²) in [7, 11) is 0. The Morgan fingerprint density at radius 1 is 1.17 bits per heavy atom. The van der Waals surface area contributed by atoms with Gasteiger partial charge in [0.25, 0.3) is 5.91 Å². The molecule has 2 heterocycles. The predicted octanol–water partition coefficient (Wildman–Crippen LogP) is 3.87. The van der Waals surface area contributed by atoms with Crippen LogP contribution in [0.1, 0.15) is 16.1 Å². The molecule has 0 spiro atoms. The van der Waals surface area contributed by atoms with E-state index in [4.69, 9.17) is 4.42 Å². The van der Waals surface area contributed by atoms with Crippen LogP contribution in [0.15, 0.2) is 74.9 Å². The van der Waals surface area contributed by atoms with E-state index in [1.165, 1.54) is 6.21 Å². The van der Waals surface area contributed by atoms with E-state index in [2.05, 4.69) is 31.4 Å². The topological polar surface area (TPSA) is 67.5 Å². The highest BCUT2D eigenvalue weighted by Crippen LogP contribution is 2.24. The van der Waals surface area contributed by atoms with Crippen LogP contribution in [0, 0.1) is 0 Å². The first-order valence-corrected chi connectivity index (χ1v) is 7.61. The summed E-state index contributed by atoms with van der Waals surface area (Å²) in [6.45, 7) is 0. The van der Waals surface area contributed by atoms with Gasteiger partial charge in [0.1, 0.15) is 11.5 Å². The largest absolute Gasteiger partial charge is 0.455 e. The Morgan fingerprint density at radius 3 is 2.78 bits per heavy atom. The van der Waals surface area contributed by atoms with Crippen LogP contribution >= 0.6 is 15.9 Å². The number of halogens is 1. The molecule has 0 radical (unpaired) electrons. The zero-order valence-corrected chi connectivity index (χ0v) is 13.5. The SMILES string of the molecule is O=C(NN=Cc1ccc(-c2cccc(Br)c2)o1)c1ccncc1. The monoisotopic (exact) mass is 369 g/mol. The van der Waals surface area contributed by atoms with Crippen LogP contribution in [0.2, 0.25) is 0 Å². The molecule has 1 amide bonds. The molecular formula is C17H12BrN3O2. The highest BCUT2D eigenvalue weighted by molar-refractivity contribution is 9.10. The minimum atomic E-state index is -0.303. The average molecular weight is 370 g/mol. The van der Waals surface area contributed by atoms with Crippen molar-refractivity contribution < 1.29 is 9.21 Å². The number of carbonyl (C=O) groups is 1. The Labute approximate surface area is 141 Å². The Kier molecular flexibility index (Phi) is 4.63. The summed E-state index contributed by atoms with van der Waals surface area (Å²) in [5.41, 5.74) is 3.89. The summed E-state index contributed by atoms with van der Waals surface area (Å²) in [6.07, 6.45) is 4.56. The number of rotatable bonds is 4. The van der Waals surface area contributed by atoms with Crippen LogP contribution in [0.5, 0.6) is 0 Å². The second-order valence-corrected chi connectivity index (χ2v) is 5.56. The van der Waals surface area contributed by atoms with Crippen LogP contribution in [-0.4, -0.2) is 17.1 Å². The fraction of sp³-hybridized carbons (Fsp3) is 0. The van der Waals surface area contributed by atoms with Gasteiger partial charge in [-0.25, -0.2) is 5.43 Å². The van der Waals surface area contributed by atoms with Crippen molar-refractivity contribution >= 4 is 28.1 Å². The van der Waals surface area contributed by atoms with E-state index < -0.39 is 0 Å². The summed E-state index contributed by atoms with van der Waals surface area (Å²) in [5, 5.41) is 3.89. The van der Waals surface area contributed by atoms with Crippen LogP contribution in [0.4, 0.5) is 0 Å². The van der Waals surface area contributed by atoms with Gasteiger partial charge in [0.2, 0.25) is 0 Å². The van der Waals surface area contributed by atoms with Gasteiger partial charge in [-0.1, -0.05) is 28.1 Å². The van der Waals surface area contributed by atoms with Crippen molar-refractivity contribution in [1.29, 1.82) is 0 Å². The lowest BCUT2D eigenvalue weighted by Gasteiger charge is -1.98. The Hall–Kier alpha value is -2.73. The van der Waals surface area contributed by atoms with Crippen LogP contribution in [-0.2, 0) is 0 Å². The molecule has 0 aliphatic rings. The Balaban J connectivity index is 1.66. The molecule has 114 valence electrons. The molecule has 1 N–H and O–H groups in total. The highest BCUT2D eigenvalue weighted by atomic mass is 79.9. The maximum atomic E-state index is 11.8. The molecule has 0 atom stereocenters. The van der Waals surface area contributed by atoms with Crippen molar-refractivity contribution in [3.63, 3.8) is 0 Å². The van der Waals surface area contributed by atoms with Gasteiger partial charge in [-0.3, -0.25) is 9.78 Å². The maximum absolute atomic E-state index is 11.8. The summed E-state index contributed by atoms with van der Waals surface area (Å²) < 4.78 is 6.66. The van der Waals surface area contributed by atoms with E-state index in [0.717, 1.165) is 15.8 Å². The predicted molar refractivity (Wildman–Crippen MR) is 91.1 cm³/mol. The van der Waals surface area contributed by atoms with Gasteiger partial charge in [-0.05, 0) is 36.4 Å². The van der Waals surface area contributed by atoms with E-state index in [1.807, 2.05) is 30.3 Å². The first-order valence-electron chi connectivity index (χ1n) is 6.81. The molecule has 0 fully saturated rings. The molecule has 0 aliphatic carbocycles. The first kappa shape index (κ1) is 15.2. The van der Waals surface area contributed by atoms with Gasteiger partial charge in [-0.15, -0.1) is 0 Å². The van der Waals surface area contributed by atoms with Crippen LogP contribution in [0.25, 0.3) is 11.3 Å². The number of hydrogen-bond donors (Lipinski definition) is 1. The minimum Gasteiger partial charge on any atom is -0.455 e. The lowest BCUT2D eigenvalue weighted by atomic mass is 10.2. The number of nitrogens with one attached hydrogen (secondary N) is 1. The Bertz CT molecular complexity index is 844. The molecule has 1 aromatic carbocycles. The quantitative estimate of drug-likeness (QED) is 0.560. The van der Waals surface area contributed by atoms with Crippen LogP contribution in [0.3, 0.4) is 0 Å². The van der Waals surface area contributed by atoms with Gasteiger partial charge >= 0.3 is 0 Å². The van der Waals surface area contributed by atoms with Gasteiger partial charge in [0, 0.05) is 28.0 Å². The number of aromatic nitrogens is 1. The van der Waals surface area contributed by atoms with E-state index in [1.54, 1.807) is 30.6 Å². The van der Waals surface area contributed by atoms with E-state index in [-0.39, 0.29) is 5.91 Å². The van der Waals surface area contributed by atoms with Crippen molar-refractivity contribution in [3.8, 4) is 11.3 Å². The number of nitrogens with zero attached hydrogens (tertiary/aromatic N) is 2. The van der Waals surface area contributed by atoms with Crippen molar-refractivity contribution in [3.05, 3.63) is 76.7 Å². The molecule has 0 unspecified atom stereocenters. The van der Waals surface area contributed by atoms with Gasteiger partial charge in [-0.2, -0.15) is 5.10 Å². The van der Waals surface area contributed by atoms with Gasteiger partial charge < -0.3 is 4.42 Å². The minimum absolute atomic E-state index is 0.303. The standard InChI is InChI=1S/C17H12BrN3O2/c18-14-3-1-2-13(10-14)16-5-4-15(23-16)11-20-21-17(22)12-6-8-19-9-7-12/h1-11H,(H,21,22). The van der Waals surface area contributed by atoms with Crippen molar-refractivity contribution in [2.75, 3.05) is 0 Å². The molecule has 0 saturated carbocycles. The number of furan rings is 1. The maximum Gasteiger partial charge on any atom is 0.271 e. The number of pyridine rings is 1. The number of amides is 1. The Morgan fingerprint density at radius 2 is 2.00 bits per heavy atom. The third kappa shape index (κ3) is 3.92. The molecule has 2 aromatic heterocycles. The molecule has 3 aromatic rings.